The van der Waals surface area contributed by atoms with Gasteiger partial charge in [-0.15, -0.1) is 0 Å². The zero-order valence-electron chi connectivity index (χ0n) is 19.3. The van der Waals surface area contributed by atoms with Crippen LogP contribution in [-0.2, 0) is 5.41 Å². The van der Waals surface area contributed by atoms with Crippen LogP contribution in [0, 0.1) is 0 Å². The molecule has 35 heavy (non-hydrogen) atoms. The SMILES string of the molecule is CC1(C)c2ccccc2-c2ccc3c(ccc4c3c3ccccc3n4-c3cccc4c3N=IO4)c21. The Bertz CT molecular complexity index is 1910. The van der Waals surface area contributed by atoms with Crippen molar-refractivity contribution in [1.29, 1.82) is 0 Å². The van der Waals surface area contributed by atoms with Gasteiger partial charge < -0.3 is 7.63 Å². The molecule has 0 radical (unpaired) electrons. The number of para-hydroxylation sites is 1. The largest absolute Gasteiger partial charge is 0.417 e. The number of aromatic nitrogens is 1. The third kappa shape index (κ3) is 2.45. The first-order chi connectivity index (χ1) is 17.1. The molecule has 0 N–H and O–H groups in total. The molecular formula is C31H21IN2O. The smallest absolute Gasteiger partial charge is 0.238 e. The van der Waals surface area contributed by atoms with Gasteiger partial charge in [0, 0.05) is 16.2 Å². The van der Waals surface area contributed by atoms with Gasteiger partial charge >= 0.3 is 0 Å². The van der Waals surface area contributed by atoms with E-state index in [1.54, 1.807) is 0 Å². The summed E-state index contributed by atoms with van der Waals surface area (Å²) in [4.78, 5) is 0. The fraction of sp³-hybridized carbons (Fsp3) is 0.0968. The average molecular weight is 564 g/mol. The number of benzene rings is 5. The van der Waals surface area contributed by atoms with Crippen LogP contribution in [0.4, 0.5) is 5.69 Å². The molecule has 3 nitrogen and oxygen atoms in total. The van der Waals surface area contributed by atoms with E-state index in [1.165, 1.54) is 54.8 Å². The van der Waals surface area contributed by atoms with E-state index in [0.29, 0.717) is 0 Å². The van der Waals surface area contributed by atoms with Gasteiger partial charge in [0.05, 0.1) is 16.7 Å². The van der Waals surface area contributed by atoms with E-state index in [4.69, 9.17) is 6.21 Å². The predicted molar refractivity (Wildman–Crippen MR) is 153 cm³/mol. The molecule has 1 aromatic heterocycles. The summed E-state index contributed by atoms with van der Waals surface area (Å²) in [5.74, 6) is 0.902. The van der Waals surface area contributed by atoms with E-state index >= 15 is 0 Å². The molecule has 0 amide bonds. The highest BCUT2D eigenvalue weighted by Gasteiger charge is 2.37. The van der Waals surface area contributed by atoms with Crippen molar-refractivity contribution in [3.8, 4) is 22.6 Å². The Kier molecular flexibility index (Phi) is 3.83. The summed E-state index contributed by atoms with van der Waals surface area (Å²) < 4.78 is 13.0. The summed E-state index contributed by atoms with van der Waals surface area (Å²) in [6.45, 7) is 4.73. The van der Waals surface area contributed by atoms with Gasteiger partial charge in [-0.3, -0.25) is 0 Å². The second kappa shape index (κ2) is 6.79. The molecular weight excluding hydrogens is 543 g/mol. The quantitative estimate of drug-likeness (QED) is 0.183. The van der Waals surface area contributed by atoms with Gasteiger partial charge in [-0.1, -0.05) is 80.6 Å². The van der Waals surface area contributed by atoms with Gasteiger partial charge in [-0.2, -0.15) is 3.15 Å². The maximum absolute atomic E-state index is 5.87. The number of fused-ring (bicyclic) bond motifs is 10. The highest BCUT2D eigenvalue weighted by molar-refractivity contribution is 14.1. The lowest BCUT2D eigenvalue weighted by molar-refractivity contribution is 0.666. The number of halogens is 1. The molecule has 6 aromatic rings. The Labute approximate surface area is 213 Å². The van der Waals surface area contributed by atoms with E-state index in [1.807, 2.05) is 6.07 Å². The Morgan fingerprint density at radius 2 is 1.54 bits per heavy atom. The van der Waals surface area contributed by atoms with Crippen LogP contribution in [0.2, 0.25) is 0 Å². The minimum absolute atomic E-state index is 0.0440. The third-order valence-electron chi connectivity index (χ3n) is 7.80. The summed E-state index contributed by atoms with van der Waals surface area (Å²) in [6, 6.07) is 33.2. The first-order valence-corrected chi connectivity index (χ1v) is 13.7. The van der Waals surface area contributed by atoms with E-state index in [-0.39, 0.29) is 5.41 Å². The Morgan fingerprint density at radius 3 is 2.49 bits per heavy atom. The highest BCUT2D eigenvalue weighted by atomic mass is 127. The Hall–Kier alpha value is -3.51. The van der Waals surface area contributed by atoms with E-state index in [0.717, 1.165) is 17.1 Å². The van der Waals surface area contributed by atoms with Crippen molar-refractivity contribution in [2.45, 2.75) is 19.3 Å². The fourth-order valence-electron chi connectivity index (χ4n) is 6.36. The minimum Gasteiger partial charge on any atom is -0.417 e. The summed E-state index contributed by atoms with van der Waals surface area (Å²) in [6.07, 6.45) is 0. The zero-order chi connectivity index (χ0) is 23.3. The van der Waals surface area contributed by atoms with Crippen LogP contribution >= 0.6 is 21.4 Å². The monoisotopic (exact) mass is 564 g/mol. The van der Waals surface area contributed by atoms with Crippen LogP contribution < -0.4 is 3.07 Å². The van der Waals surface area contributed by atoms with Gasteiger partial charge in [0.1, 0.15) is 5.69 Å². The van der Waals surface area contributed by atoms with Crippen LogP contribution in [-0.4, -0.2) is 4.57 Å². The van der Waals surface area contributed by atoms with Gasteiger partial charge in [0.2, 0.25) is 21.4 Å². The van der Waals surface area contributed by atoms with Crippen molar-refractivity contribution in [3.05, 3.63) is 102 Å². The molecule has 0 unspecified atom stereocenters. The molecule has 2 aliphatic rings. The molecule has 0 atom stereocenters. The molecule has 8 rings (SSSR count). The van der Waals surface area contributed by atoms with Gasteiger partial charge in [-0.25, -0.2) is 0 Å². The maximum atomic E-state index is 5.87. The summed E-state index contributed by atoms with van der Waals surface area (Å²) in [5.41, 5.74) is 10.0. The van der Waals surface area contributed by atoms with Crippen LogP contribution in [0.1, 0.15) is 25.0 Å². The third-order valence-corrected chi connectivity index (χ3v) is 9.16. The molecule has 0 spiro atoms. The Morgan fingerprint density at radius 1 is 0.714 bits per heavy atom. The molecule has 4 heteroatoms. The van der Waals surface area contributed by atoms with Crippen LogP contribution in [0.3, 0.4) is 0 Å². The lowest BCUT2D eigenvalue weighted by Gasteiger charge is -2.23. The van der Waals surface area contributed by atoms with Crippen molar-refractivity contribution >= 4 is 59.7 Å². The second-order valence-electron chi connectivity index (χ2n) is 9.92. The van der Waals surface area contributed by atoms with E-state index < -0.39 is 21.4 Å². The zero-order valence-corrected chi connectivity index (χ0v) is 21.5. The average Bonchev–Trinajstić information content (AvgIpc) is 3.56. The van der Waals surface area contributed by atoms with Crippen molar-refractivity contribution in [2.75, 3.05) is 0 Å². The molecule has 1 aliphatic carbocycles. The number of hydrogen-bond acceptors (Lipinski definition) is 2. The first-order valence-electron chi connectivity index (χ1n) is 11.9. The number of hydrogen-bond donors (Lipinski definition) is 0. The van der Waals surface area contributed by atoms with Crippen LogP contribution in [0.25, 0.3) is 49.4 Å². The normalized spacial score (nSPS) is 15.1. The van der Waals surface area contributed by atoms with Crippen molar-refractivity contribution in [1.82, 2.24) is 4.57 Å². The fourth-order valence-corrected chi connectivity index (χ4v) is 7.70. The van der Waals surface area contributed by atoms with Crippen molar-refractivity contribution < 1.29 is 3.07 Å². The standard InChI is InChI=1S/C31H21IN2O/c1-31(2)23-10-5-3-8-18(23)20-15-14-19-21(29(20)31)16-17-25-28(19)22-9-4-6-11-24(22)34(25)26-12-7-13-27-30(26)33-32-35-27/h3-17H,1-2H3. The molecule has 0 fully saturated rings. The number of rotatable bonds is 1. The van der Waals surface area contributed by atoms with E-state index in [9.17, 15) is 0 Å². The molecule has 0 bridgehead atoms. The molecule has 168 valence electrons. The molecule has 5 aromatic carbocycles. The van der Waals surface area contributed by atoms with Crippen molar-refractivity contribution in [3.63, 3.8) is 0 Å². The summed E-state index contributed by atoms with van der Waals surface area (Å²) in [7, 11) is 0. The predicted octanol–water partition coefficient (Wildman–Crippen LogP) is 9.34. The maximum Gasteiger partial charge on any atom is 0.238 e. The topological polar surface area (TPSA) is 26.5 Å². The minimum atomic E-state index is -0.625. The molecule has 2 heterocycles. The summed E-state index contributed by atoms with van der Waals surface area (Å²) in [5, 5.41) is 5.23. The molecule has 0 saturated carbocycles. The highest BCUT2D eigenvalue weighted by Crippen LogP contribution is 2.53. The molecule has 1 aliphatic heterocycles. The van der Waals surface area contributed by atoms with E-state index in [2.05, 4.69) is 103 Å². The lowest BCUT2D eigenvalue weighted by Crippen LogP contribution is -2.15. The van der Waals surface area contributed by atoms with Gasteiger partial charge in [0.15, 0.2) is 5.75 Å². The first kappa shape index (κ1) is 19.8. The van der Waals surface area contributed by atoms with Gasteiger partial charge in [-0.05, 0) is 57.3 Å². The lowest BCUT2D eigenvalue weighted by atomic mass is 9.80. The van der Waals surface area contributed by atoms with Gasteiger partial charge in [0.25, 0.3) is 0 Å². The summed E-state index contributed by atoms with van der Waals surface area (Å²) >= 11 is -0.625. The Balaban J connectivity index is 1.53. The van der Waals surface area contributed by atoms with Crippen molar-refractivity contribution in [2.24, 2.45) is 3.15 Å². The van der Waals surface area contributed by atoms with Crippen LogP contribution in [0.5, 0.6) is 5.75 Å². The molecule has 0 saturated heterocycles. The number of nitrogens with zero attached hydrogens (tertiary/aromatic N) is 2. The van der Waals surface area contributed by atoms with Crippen LogP contribution in [0.15, 0.2) is 94.1 Å². The second-order valence-corrected chi connectivity index (χ2v) is 11.2.